The maximum absolute atomic E-state index is 11.8. The Morgan fingerprint density at radius 3 is 2.88 bits per heavy atom. The first-order chi connectivity index (χ1) is 7.71. The molecule has 90 valence electrons. The van der Waals surface area contributed by atoms with Crippen LogP contribution < -0.4 is 5.32 Å². The molecule has 0 radical (unpaired) electrons. The Balaban J connectivity index is 2.37. The normalized spacial score (nSPS) is 26.1. The minimum atomic E-state index is -0.460. The van der Waals surface area contributed by atoms with Crippen LogP contribution in [0.15, 0.2) is 0 Å². The molecule has 0 aliphatic heterocycles. The maximum atomic E-state index is 11.8. The van der Waals surface area contributed by atoms with Gasteiger partial charge in [0.15, 0.2) is 0 Å². The van der Waals surface area contributed by atoms with Gasteiger partial charge in [0.1, 0.15) is 5.92 Å². The minimum Gasteiger partial charge on any atom is -0.352 e. The molecule has 1 amide bonds. The molecule has 0 aromatic carbocycles. The lowest BCUT2D eigenvalue weighted by Gasteiger charge is -2.15. The van der Waals surface area contributed by atoms with Gasteiger partial charge >= 0.3 is 0 Å². The van der Waals surface area contributed by atoms with Crippen molar-refractivity contribution < 1.29 is 4.79 Å². The molecule has 1 N–H and O–H groups in total. The highest BCUT2D eigenvalue weighted by Gasteiger charge is 2.27. The van der Waals surface area contributed by atoms with Gasteiger partial charge in [-0.15, -0.1) is 0 Å². The van der Waals surface area contributed by atoms with Crippen LogP contribution in [-0.4, -0.2) is 23.5 Å². The maximum Gasteiger partial charge on any atom is 0.237 e. The number of hydrogen-bond acceptors (Lipinski definition) is 3. The first kappa shape index (κ1) is 13.4. The van der Waals surface area contributed by atoms with E-state index in [4.69, 9.17) is 5.26 Å². The Kier molecular flexibility index (Phi) is 5.68. The second-order valence-electron chi connectivity index (χ2n) is 4.35. The SMILES string of the molecule is CCCC(C#N)C(=O)NC1CCC(SC)C1. The summed E-state index contributed by atoms with van der Waals surface area (Å²) in [4.78, 5) is 11.8. The highest BCUT2D eigenvalue weighted by atomic mass is 32.2. The van der Waals surface area contributed by atoms with E-state index in [2.05, 4.69) is 17.6 Å². The first-order valence-corrected chi connectivity index (χ1v) is 7.22. The smallest absolute Gasteiger partial charge is 0.237 e. The van der Waals surface area contributed by atoms with Crippen molar-refractivity contribution in [2.75, 3.05) is 6.26 Å². The summed E-state index contributed by atoms with van der Waals surface area (Å²) in [6.07, 6.45) is 6.95. The number of nitriles is 1. The number of hydrogen-bond donors (Lipinski definition) is 1. The van der Waals surface area contributed by atoms with Gasteiger partial charge in [0, 0.05) is 11.3 Å². The molecule has 3 atom stereocenters. The van der Waals surface area contributed by atoms with Crippen LogP contribution in [0.3, 0.4) is 0 Å². The number of carbonyl (C=O) groups excluding carboxylic acids is 1. The van der Waals surface area contributed by atoms with Crippen molar-refractivity contribution in [3.05, 3.63) is 0 Å². The van der Waals surface area contributed by atoms with Crippen LogP contribution >= 0.6 is 11.8 Å². The van der Waals surface area contributed by atoms with Gasteiger partial charge in [-0.1, -0.05) is 13.3 Å². The number of nitrogens with zero attached hydrogens (tertiary/aromatic N) is 1. The predicted molar refractivity (Wildman–Crippen MR) is 67.1 cm³/mol. The van der Waals surface area contributed by atoms with Gasteiger partial charge in [-0.2, -0.15) is 17.0 Å². The highest BCUT2D eigenvalue weighted by Crippen LogP contribution is 2.28. The molecule has 3 nitrogen and oxygen atoms in total. The van der Waals surface area contributed by atoms with E-state index in [1.165, 1.54) is 6.42 Å². The third-order valence-electron chi connectivity index (χ3n) is 3.11. The zero-order chi connectivity index (χ0) is 12.0. The standard InChI is InChI=1S/C12H20N2OS/c1-3-4-9(8-13)12(15)14-10-5-6-11(7-10)16-2/h9-11H,3-7H2,1-2H3,(H,14,15). The predicted octanol–water partition coefficient (Wildman–Crippen LogP) is 2.33. The lowest BCUT2D eigenvalue weighted by molar-refractivity contribution is -0.124. The van der Waals surface area contributed by atoms with Gasteiger partial charge in [-0.25, -0.2) is 0 Å². The van der Waals surface area contributed by atoms with Gasteiger partial charge in [-0.05, 0) is 31.9 Å². The third kappa shape index (κ3) is 3.71. The van der Waals surface area contributed by atoms with Crippen LogP contribution in [0.25, 0.3) is 0 Å². The molecule has 4 heteroatoms. The fraction of sp³-hybridized carbons (Fsp3) is 0.833. The van der Waals surface area contributed by atoms with E-state index < -0.39 is 5.92 Å². The van der Waals surface area contributed by atoms with Gasteiger partial charge < -0.3 is 5.32 Å². The van der Waals surface area contributed by atoms with Gasteiger partial charge in [-0.3, -0.25) is 4.79 Å². The summed E-state index contributed by atoms with van der Waals surface area (Å²) in [5, 5.41) is 12.6. The van der Waals surface area contributed by atoms with Crippen molar-refractivity contribution in [3.63, 3.8) is 0 Å². The molecule has 0 bridgehead atoms. The number of amides is 1. The van der Waals surface area contributed by atoms with Crippen molar-refractivity contribution in [1.82, 2.24) is 5.32 Å². The van der Waals surface area contributed by atoms with E-state index >= 15 is 0 Å². The molecule has 0 aromatic rings. The number of carbonyl (C=O) groups is 1. The van der Waals surface area contributed by atoms with Crippen molar-refractivity contribution in [2.24, 2.45) is 5.92 Å². The van der Waals surface area contributed by atoms with E-state index in [0.717, 1.165) is 19.3 Å². The fourth-order valence-corrected chi connectivity index (χ4v) is 2.93. The summed E-state index contributed by atoms with van der Waals surface area (Å²) in [5.41, 5.74) is 0. The Bertz CT molecular complexity index is 275. The Morgan fingerprint density at radius 2 is 2.38 bits per heavy atom. The summed E-state index contributed by atoms with van der Waals surface area (Å²) in [6, 6.07) is 2.37. The zero-order valence-electron chi connectivity index (χ0n) is 10.0. The number of thioether (sulfide) groups is 1. The summed E-state index contributed by atoms with van der Waals surface area (Å²) >= 11 is 1.87. The second kappa shape index (κ2) is 6.80. The molecule has 16 heavy (non-hydrogen) atoms. The quantitative estimate of drug-likeness (QED) is 0.802. The molecule has 0 spiro atoms. The van der Waals surface area contributed by atoms with Crippen LogP contribution in [0, 0.1) is 17.2 Å². The molecule has 1 aliphatic rings. The molecule has 1 saturated carbocycles. The Morgan fingerprint density at radius 1 is 1.62 bits per heavy atom. The number of rotatable bonds is 5. The molecule has 1 fully saturated rings. The molecule has 0 aromatic heterocycles. The summed E-state index contributed by atoms with van der Waals surface area (Å²) in [5.74, 6) is -0.533. The lowest BCUT2D eigenvalue weighted by Crippen LogP contribution is -2.37. The van der Waals surface area contributed by atoms with E-state index in [9.17, 15) is 4.79 Å². The summed E-state index contributed by atoms with van der Waals surface area (Å²) < 4.78 is 0. The van der Waals surface area contributed by atoms with Crippen LogP contribution in [0.5, 0.6) is 0 Å². The molecular weight excluding hydrogens is 220 g/mol. The van der Waals surface area contributed by atoms with E-state index in [1.807, 2.05) is 18.7 Å². The molecular formula is C12H20N2OS. The van der Waals surface area contributed by atoms with Crippen molar-refractivity contribution in [2.45, 2.75) is 50.3 Å². The zero-order valence-corrected chi connectivity index (χ0v) is 10.8. The van der Waals surface area contributed by atoms with Crippen molar-refractivity contribution in [3.8, 4) is 6.07 Å². The van der Waals surface area contributed by atoms with E-state index in [-0.39, 0.29) is 11.9 Å². The Hall–Kier alpha value is -0.690. The number of nitrogens with one attached hydrogen (secondary N) is 1. The molecule has 3 unspecified atom stereocenters. The van der Waals surface area contributed by atoms with Gasteiger partial charge in [0.05, 0.1) is 6.07 Å². The highest BCUT2D eigenvalue weighted by molar-refractivity contribution is 7.99. The van der Waals surface area contributed by atoms with Crippen LogP contribution in [-0.2, 0) is 4.79 Å². The molecule has 1 rings (SSSR count). The van der Waals surface area contributed by atoms with E-state index in [0.29, 0.717) is 11.7 Å². The largest absolute Gasteiger partial charge is 0.352 e. The topological polar surface area (TPSA) is 52.9 Å². The van der Waals surface area contributed by atoms with Crippen molar-refractivity contribution in [1.29, 1.82) is 5.26 Å². The van der Waals surface area contributed by atoms with E-state index in [1.54, 1.807) is 0 Å². The summed E-state index contributed by atoms with van der Waals surface area (Å²) in [6.45, 7) is 2.00. The second-order valence-corrected chi connectivity index (χ2v) is 5.48. The van der Waals surface area contributed by atoms with Crippen LogP contribution in [0.2, 0.25) is 0 Å². The average Bonchev–Trinajstić information content (AvgIpc) is 2.73. The van der Waals surface area contributed by atoms with Crippen LogP contribution in [0.1, 0.15) is 39.0 Å². The van der Waals surface area contributed by atoms with Crippen molar-refractivity contribution >= 4 is 17.7 Å². The Labute approximate surface area is 102 Å². The average molecular weight is 240 g/mol. The molecule has 0 saturated heterocycles. The fourth-order valence-electron chi connectivity index (χ4n) is 2.13. The van der Waals surface area contributed by atoms with Crippen LogP contribution in [0.4, 0.5) is 0 Å². The first-order valence-electron chi connectivity index (χ1n) is 5.94. The summed E-state index contributed by atoms with van der Waals surface area (Å²) in [7, 11) is 0. The molecule has 0 heterocycles. The monoisotopic (exact) mass is 240 g/mol. The van der Waals surface area contributed by atoms with Gasteiger partial charge in [0.2, 0.25) is 5.91 Å². The molecule has 1 aliphatic carbocycles. The lowest BCUT2D eigenvalue weighted by atomic mass is 10.0. The third-order valence-corrected chi connectivity index (χ3v) is 4.21. The van der Waals surface area contributed by atoms with Gasteiger partial charge in [0.25, 0.3) is 0 Å². The minimum absolute atomic E-state index is 0.0731.